The summed E-state index contributed by atoms with van der Waals surface area (Å²) in [5.41, 5.74) is 3.58. The molecule has 2 aromatic rings. The molecule has 0 spiro atoms. The van der Waals surface area contributed by atoms with Crippen molar-refractivity contribution in [3.8, 4) is 5.75 Å². The first-order valence-corrected chi connectivity index (χ1v) is 6.60. The molecule has 0 unspecified atom stereocenters. The fraction of sp³-hybridized carbons (Fsp3) is 0.400. The first kappa shape index (κ1) is 16.5. The summed E-state index contributed by atoms with van der Waals surface area (Å²) in [5, 5.41) is 7.76. The van der Waals surface area contributed by atoms with Gasteiger partial charge in [0.25, 0.3) is 0 Å². The third-order valence-corrected chi connectivity index (χ3v) is 2.99. The van der Waals surface area contributed by atoms with Crippen LogP contribution < -0.4 is 10.1 Å². The van der Waals surface area contributed by atoms with Crippen LogP contribution in [-0.2, 0) is 20.1 Å². The van der Waals surface area contributed by atoms with E-state index in [1.54, 1.807) is 0 Å². The summed E-state index contributed by atoms with van der Waals surface area (Å²) in [6, 6.07) is 8.20. The number of halogens is 1. The second-order valence-electron chi connectivity index (χ2n) is 4.59. The lowest BCUT2D eigenvalue weighted by Crippen LogP contribution is -2.12. The second kappa shape index (κ2) is 7.92. The smallest absolute Gasteiger partial charge is 0.119 e. The highest BCUT2D eigenvalue weighted by Gasteiger charge is 2.02. The van der Waals surface area contributed by atoms with Gasteiger partial charge in [0.05, 0.1) is 12.3 Å². The second-order valence-corrected chi connectivity index (χ2v) is 4.59. The number of nitrogens with zero attached hydrogens (tertiary/aromatic N) is 2. The molecule has 20 heavy (non-hydrogen) atoms. The number of aryl methyl sites for hydroxylation is 2. The molecule has 0 bridgehead atoms. The van der Waals surface area contributed by atoms with Crippen LogP contribution in [0.5, 0.6) is 5.75 Å². The first-order valence-electron chi connectivity index (χ1n) is 6.60. The molecule has 0 aliphatic heterocycles. The van der Waals surface area contributed by atoms with E-state index in [0.717, 1.165) is 24.5 Å². The van der Waals surface area contributed by atoms with E-state index in [9.17, 15) is 0 Å². The van der Waals surface area contributed by atoms with Crippen LogP contribution in [0, 0.1) is 6.92 Å². The maximum atomic E-state index is 5.42. The summed E-state index contributed by atoms with van der Waals surface area (Å²) in [6.07, 6.45) is 2.06. The van der Waals surface area contributed by atoms with E-state index in [4.69, 9.17) is 4.74 Å². The van der Waals surface area contributed by atoms with Gasteiger partial charge in [0.2, 0.25) is 0 Å². The zero-order valence-corrected chi connectivity index (χ0v) is 13.0. The highest BCUT2D eigenvalue weighted by Crippen LogP contribution is 2.12. The van der Waals surface area contributed by atoms with E-state index >= 15 is 0 Å². The summed E-state index contributed by atoms with van der Waals surface area (Å²) < 4.78 is 7.27. The fourth-order valence-corrected chi connectivity index (χ4v) is 2.03. The highest BCUT2D eigenvalue weighted by atomic mass is 35.5. The molecular formula is C15H22ClN3O. The van der Waals surface area contributed by atoms with Crippen molar-refractivity contribution in [1.82, 2.24) is 15.1 Å². The molecule has 0 saturated heterocycles. The van der Waals surface area contributed by atoms with E-state index in [2.05, 4.69) is 28.7 Å². The number of hydrogen-bond acceptors (Lipinski definition) is 3. The average molecular weight is 296 g/mol. The van der Waals surface area contributed by atoms with Crippen molar-refractivity contribution in [3.63, 3.8) is 0 Å². The molecule has 5 heteroatoms. The largest absolute Gasteiger partial charge is 0.494 e. The zero-order chi connectivity index (χ0) is 13.7. The molecule has 1 aromatic heterocycles. The molecule has 0 amide bonds. The van der Waals surface area contributed by atoms with Crippen molar-refractivity contribution in [2.24, 2.45) is 7.05 Å². The fourth-order valence-electron chi connectivity index (χ4n) is 2.03. The van der Waals surface area contributed by atoms with Crippen LogP contribution in [0.3, 0.4) is 0 Å². The van der Waals surface area contributed by atoms with Crippen LogP contribution in [-0.4, -0.2) is 16.4 Å². The van der Waals surface area contributed by atoms with Gasteiger partial charge in [-0.3, -0.25) is 4.68 Å². The predicted octanol–water partition coefficient (Wildman–Crippen LogP) is 2.84. The normalized spacial score (nSPS) is 10.2. The highest BCUT2D eigenvalue weighted by molar-refractivity contribution is 5.85. The lowest BCUT2D eigenvalue weighted by molar-refractivity contribution is 0.340. The molecule has 4 nitrogen and oxygen atoms in total. The van der Waals surface area contributed by atoms with Gasteiger partial charge in [-0.1, -0.05) is 12.1 Å². The van der Waals surface area contributed by atoms with Crippen molar-refractivity contribution in [1.29, 1.82) is 0 Å². The summed E-state index contributed by atoms with van der Waals surface area (Å²) in [6.45, 7) is 6.42. The van der Waals surface area contributed by atoms with Gasteiger partial charge in [-0.2, -0.15) is 5.10 Å². The van der Waals surface area contributed by atoms with Gasteiger partial charge in [-0.05, 0) is 31.5 Å². The van der Waals surface area contributed by atoms with Crippen LogP contribution in [0.15, 0.2) is 30.5 Å². The number of nitrogens with one attached hydrogen (secondary N) is 1. The van der Waals surface area contributed by atoms with E-state index in [1.165, 1.54) is 11.1 Å². The quantitative estimate of drug-likeness (QED) is 0.891. The lowest BCUT2D eigenvalue weighted by atomic mass is 10.2. The Bertz CT molecular complexity index is 522. The minimum absolute atomic E-state index is 0. The Morgan fingerprint density at radius 1 is 1.20 bits per heavy atom. The van der Waals surface area contributed by atoms with Crippen molar-refractivity contribution >= 4 is 12.4 Å². The number of aromatic nitrogens is 2. The van der Waals surface area contributed by atoms with E-state index in [1.807, 2.05) is 37.7 Å². The van der Waals surface area contributed by atoms with Gasteiger partial charge < -0.3 is 10.1 Å². The Hall–Kier alpha value is -1.52. The predicted molar refractivity (Wildman–Crippen MR) is 83.3 cm³/mol. The van der Waals surface area contributed by atoms with Gasteiger partial charge in [0, 0.05) is 31.9 Å². The maximum absolute atomic E-state index is 5.42. The summed E-state index contributed by atoms with van der Waals surface area (Å²) >= 11 is 0. The molecule has 2 rings (SSSR count). The average Bonchev–Trinajstić information content (AvgIpc) is 2.71. The molecule has 1 heterocycles. The SMILES string of the molecule is CCOc1ccc(CNCc2cn(C)nc2C)cc1.Cl. The lowest BCUT2D eigenvalue weighted by Gasteiger charge is -2.06. The molecule has 0 atom stereocenters. The van der Waals surface area contributed by atoms with Crippen molar-refractivity contribution in [2.45, 2.75) is 26.9 Å². The van der Waals surface area contributed by atoms with Gasteiger partial charge in [0.15, 0.2) is 0 Å². The monoisotopic (exact) mass is 295 g/mol. The van der Waals surface area contributed by atoms with Crippen LogP contribution in [0.2, 0.25) is 0 Å². The maximum Gasteiger partial charge on any atom is 0.119 e. The summed E-state index contributed by atoms with van der Waals surface area (Å²) in [7, 11) is 1.95. The minimum Gasteiger partial charge on any atom is -0.494 e. The van der Waals surface area contributed by atoms with Gasteiger partial charge in [-0.15, -0.1) is 12.4 Å². The Morgan fingerprint density at radius 2 is 1.90 bits per heavy atom. The zero-order valence-electron chi connectivity index (χ0n) is 12.2. The Kier molecular flexibility index (Phi) is 6.55. The summed E-state index contributed by atoms with van der Waals surface area (Å²) in [4.78, 5) is 0. The molecular weight excluding hydrogens is 274 g/mol. The van der Waals surface area contributed by atoms with Crippen LogP contribution in [0.25, 0.3) is 0 Å². The number of benzene rings is 1. The Morgan fingerprint density at radius 3 is 2.45 bits per heavy atom. The Labute approximate surface area is 126 Å². The molecule has 0 aliphatic carbocycles. The van der Waals surface area contributed by atoms with E-state index in [-0.39, 0.29) is 12.4 Å². The van der Waals surface area contributed by atoms with Crippen LogP contribution >= 0.6 is 12.4 Å². The van der Waals surface area contributed by atoms with Gasteiger partial charge >= 0.3 is 0 Å². The third kappa shape index (κ3) is 4.54. The number of ether oxygens (including phenoxy) is 1. The van der Waals surface area contributed by atoms with Crippen LogP contribution in [0.1, 0.15) is 23.7 Å². The topological polar surface area (TPSA) is 39.1 Å². The van der Waals surface area contributed by atoms with Gasteiger partial charge in [-0.25, -0.2) is 0 Å². The molecule has 0 radical (unpaired) electrons. The van der Waals surface area contributed by atoms with Crippen LogP contribution in [0.4, 0.5) is 0 Å². The molecule has 0 fully saturated rings. The molecule has 1 N–H and O–H groups in total. The molecule has 0 aliphatic rings. The van der Waals surface area contributed by atoms with E-state index < -0.39 is 0 Å². The minimum atomic E-state index is 0. The summed E-state index contributed by atoms with van der Waals surface area (Å²) in [5.74, 6) is 0.925. The molecule has 1 aromatic carbocycles. The van der Waals surface area contributed by atoms with Crippen molar-refractivity contribution in [3.05, 3.63) is 47.3 Å². The number of hydrogen-bond donors (Lipinski definition) is 1. The van der Waals surface area contributed by atoms with Crippen molar-refractivity contribution < 1.29 is 4.74 Å². The van der Waals surface area contributed by atoms with Crippen molar-refractivity contribution in [2.75, 3.05) is 6.61 Å². The molecule has 0 saturated carbocycles. The first-order chi connectivity index (χ1) is 9.19. The number of rotatable bonds is 6. The standard InChI is InChI=1S/C15H21N3O.ClH/c1-4-19-15-7-5-13(6-8-15)9-16-10-14-11-18(3)17-12(14)2;/h5-8,11,16H,4,9-10H2,1-3H3;1H. The Balaban J connectivity index is 0.00000200. The molecule has 110 valence electrons. The van der Waals surface area contributed by atoms with E-state index in [0.29, 0.717) is 6.61 Å². The van der Waals surface area contributed by atoms with Gasteiger partial charge in [0.1, 0.15) is 5.75 Å². The third-order valence-electron chi connectivity index (χ3n) is 2.99.